The first kappa shape index (κ1) is 10.5. The van der Waals surface area contributed by atoms with Crippen molar-refractivity contribution >= 4 is 23.2 Å². The average molecular weight is 242 g/mol. The van der Waals surface area contributed by atoms with Crippen LogP contribution in [0.1, 0.15) is 11.3 Å². The lowest BCUT2D eigenvalue weighted by Crippen LogP contribution is -1.83. The van der Waals surface area contributed by atoms with Crippen molar-refractivity contribution in [3.63, 3.8) is 0 Å². The van der Waals surface area contributed by atoms with Gasteiger partial charge in [0, 0.05) is 16.7 Å². The highest BCUT2D eigenvalue weighted by molar-refractivity contribution is 6.31. The Morgan fingerprint density at radius 2 is 2.20 bits per heavy atom. The molecule has 0 saturated heterocycles. The van der Waals surface area contributed by atoms with E-state index >= 15 is 0 Å². The van der Waals surface area contributed by atoms with E-state index in [4.69, 9.17) is 27.7 Å². The number of nitrogens with zero attached hydrogens (tertiary/aromatic N) is 1. The second-order valence-electron chi connectivity index (χ2n) is 3.22. The molecular formula is C11H9Cl2NO. The summed E-state index contributed by atoms with van der Waals surface area (Å²) in [7, 11) is 0. The van der Waals surface area contributed by atoms with E-state index in [0.717, 1.165) is 21.8 Å². The van der Waals surface area contributed by atoms with Gasteiger partial charge in [-0.25, -0.2) is 0 Å². The van der Waals surface area contributed by atoms with Crippen molar-refractivity contribution in [1.29, 1.82) is 0 Å². The van der Waals surface area contributed by atoms with Gasteiger partial charge >= 0.3 is 0 Å². The zero-order chi connectivity index (χ0) is 10.8. The Bertz CT molecular complexity index is 479. The first-order chi connectivity index (χ1) is 7.22. The molecule has 0 unspecified atom stereocenters. The average Bonchev–Trinajstić information content (AvgIpc) is 2.70. The van der Waals surface area contributed by atoms with Crippen molar-refractivity contribution in [1.82, 2.24) is 5.16 Å². The Morgan fingerprint density at radius 1 is 1.40 bits per heavy atom. The van der Waals surface area contributed by atoms with Gasteiger partial charge in [-0.05, 0) is 18.6 Å². The fourth-order valence-electron chi connectivity index (χ4n) is 1.39. The molecule has 0 aliphatic carbocycles. The number of aromatic nitrogens is 1. The van der Waals surface area contributed by atoms with E-state index in [2.05, 4.69) is 5.16 Å². The van der Waals surface area contributed by atoms with Crippen molar-refractivity contribution in [3.8, 4) is 11.3 Å². The Labute approximate surface area is 97.8 Å². The van der Waals surface area contributed by atoms with Crippen molar-refractivity contribution in [2.24, 2.45) is 0 Å². The summed E-state index contributed by atoms with van der Waals surface area (Å²) in [6.45, 7) is 1.95. The topological polar surface area (TPSA) is 26.0 Å². The van der Waals surface area contributed by atoms with E-state index in [9.17, 15) is 0 Å². The summed E-state index contributed by atoms with van der Waals surface area (Å²) < 4.78 is 5.04. The van der Waals surface area contributed by atoms with Crippen LogP contribution in [-0.4, -0.2) is 5.16 Å². The number of alkyl halides is 1. The number of benzene rings is 1. The summed E-state index contributed by atoms with van der Waals surface area (Å²) >= 11 is 11.7. The molecule has 1 heterocycles. The largest absolute Gasteiger partial charge is 0.359 e. The molecule has 78 valence electrons. The second kappa shape index (κ2) is 4.25. The zero-order valence-corrected chi connectivity index (χ0v) is 9.64. The fourth-order valence-corrected chi connectivity index (χ4v) is 1.69. The third-order valence-corrected chi connectivity index (χ3v) is 2.91. The molecule has 0 bridgehead atoms. The second-order valence-corrected chi connectivity index (χ2v) is 3.90. The Morgan fingerprint density at radius 3 is 2.87 bits per heavy atom. The molecule has 15 heavy (non-hydrogen) atoms. The fraction of sp³-hybridized carbons (Fsp3) is 0.182. The molecule has 0 amide bonds. The quantitative estimate of drug-likeness (QED) is 0.742. The Balaban J connectivity index is 2.49. The normalized spacial score (nSPS) is 10.6. The van der Waals surface area contributed by atoms with Crippen LogP contribution in [0.15, 0.2) is 28.8 Å². The molecule has 0 atom stereocenters. The third kappa shape index (κ3) is 2.01. The number of hydrogen-bond donors (Lipinski definition) is 0. The minimum Gasteiger partial charge on any atom is -0.359 e. The molecule has 1 aromatic heterocycles. The molecule has 4 heteroatoms. The Hall–Kier alpha value is -0.990. The number of rotatable bonds is 2. The summed E-state index contributed by atoms with van der Waals surface area (Å²) in [5.41, 5.74) is 2.74. The van der Waals surface area contributed by atoms with Gasteiger partial charge < -0.3 is 4.52 Å². The summed E-state index contributed by atoms with van der Waals surface area (Å²) in [4.78, 5) is 0. The molecule has 0 aliphatic rings. The molecular weight excluding hydrogens is 233 g/mol. The van der Waals surface area contributed by atoms with Crippen LogP contribution in [0.3, 0.4) is 0 Å². The third-order valence-electron chi connectivity index (χ3n) is 2.23. The minimum absolute atomic E-state index is 0.326. The van der Waals surface area contributed by atoms with Crippen LogP contribution in [0, 0.1) is 6.92 Å². The van der Waals surface area contributed by atoms with E-state index in [0.29, 0.717) is 11.6 Å². The molecule has 0 fully saturated rings. The van der Waals surface area contributed by atoms with Crippen molar-refractivity contribution in [2.75, 3.05) is 0 Å². The first-order valence-corrected chi connectivity index (χ1v) is 5.40. The van der Waals surface area contributed by atoms with Crippen LogP contribution in [0.5, 0.6) is 0 Å². The van der Waals surface area contributed by atoms with Crippen LogP contribution in [0.2, 0.25) is 5.02 Å². The summed E-state index contributed by atoms with van der Waals surface area (Å²) in [6.07, 6.45) is 0. The lowest BCUT2D eigenvalue weighted by molar-refractivity contribution is 0.396. The van der Waals surface area contributed by atoms with Gasteiger partial charge in [0.15, 0.2) is 5.76 Å². The lowest BCUT2D eigenvalue weighted by Gasteiger charge is -2.02. The Kier molecular flexibility index (Phi) is 2.98. The SMILES string of the molecule is Cc1c(Cl)cccc1-c1cc(CCl)on1. The minimum atomic E-state index is 0.326. The predicted octanol–water partition coefficient (Wildman–Crippen LogP) is 4.04. The maximum atomic E-state index is 6.02. The molecule has 0 spiro atoms. The van der Waals surface area contributed by atoms with Gasteiger partial charge in [0.25, 0.3) is 0 Å². The van der Waals surface area contributed by atoms with E-state index < -0.39 is 0 Å². The number of hydrogen-bond acceptors (Lipinski definition) is 2. The van der Waals surface area contributed by atoms with Crippen molar-refractivity contribution in [2.45, 2.75) is 12.8 Å². The van der Waals surface area contributed by atoms with Crippen LogP contribution in [0.25, 0.3) is 11.3 Å². The highest BCUT2D eigenvalue weighted by atomic mass is 35.5. The van der Waals surface area contributed by atoms with Crippen molar-refractivity contribution < 1.29 is 4.52 Å². The van der Waals surface area contributed by atoms with Gasteiger partial charge in [-0.3, -0.25) is 0 Å². The van der Waals surface area contributed by atoms with E-state index in [1.165, 1.54) is 0 Å². The maximum Gasteiger partial charge on any atom is 0.152 e. The molecule has 0 aliphatic heterocycles. The molecule has 2 nitrogen and oxygen atoms in total. The van der Waals surface area contributed by atoms with Gasteiger partial charge in [0.2, 0.25) is 0 Å². The van der Waals surface area contributed by atoms with Crippen LogP contribution in [-0.2, 0) is 5.88 Å². The molecule has 2 aromatic rings. The van der Waals surface area contributed by atoms with Crippen LogP contribution >= 0.6 is 23.2 Å². The van der Waals surface area contributed by atoms with E-state index in [1.807, 2.05) is 31.2 Å². The maximum absolute atomic E-state index is 6.02. The standard InChI is InChI=1S/C11H9Cl2NO/c1-7-9(3-2-4-10(7)13)11-5-8(6-12)15-14-11/h2-5H,6H2,1H3. The highest BCUT2D eigenvalue weighted by Crippen LogP contribution is 2.28. The summed E-state index contributed by atoms with van der Waals surface area (Å²) in [5.74, 6) is 0.984. The van der Waals surface area contributed by atoms with Crippen molar-refractivity contribution in [3.05, 3.63) is 40.6 Å². The monoisotopic (exact) mass is 241 g/mol. The van der Waals surface area contributed by atoms with Crippen LogP contribution < -0.4 is 0 Å². The van der Waals surface area contributed by atoms with Gasteiger partial charge in [0.05, 0.1) is 5.88 Å². The zero-order valence-electron chi connectivity index (χ0n) is 8.13. The lowest BCUT2D eigenvalue weighted by atomic mass is 10.1. The molecule has 0 radical (unpaired) electrons. The van der Waals surface area contributed by atoms with Gasteiger partial charge in [-0.15, -0.1) is 11.6 Å². The molecule has 0 N–H and O–H groups in total. The first-order valence-electron chi connectivity index (χ1n) is 4.49. The van der Waals surface area contributed by atoms with E-state index in [1.54, 1.807) is 0 Å². The molecule has 1 aromatic carbocycles. The van der Waals surface area contributed by atoms with Crippen LogP contribution in [0.4, 0.5) is 0 Å². The summed E-state index contributed by atoms with van der Waals surface area (Å²) in [6, 6.07) is 7.52. The molecule has 2 rings (SSSR count). The summed E-state index contributed by atoms with van der Waals surface area (Å²) in [5, 5.41) is 4.67. The van der Waals surface area contributed by atoms with Gasteiger partial charge in [0.1, 0.15) is 5.69 Å². The predicted molar refractivity (Wildman–Crippen MR) is 61.2 cm³/mol. The highest BCUT2D eigenvalue weighted by Gasteiger charge is 2.09. The smallest absolute Gasteiger partial charge is 0.152 e. The van der Waals surface area contributed by atoms with E-state index in [-0.39, 0.29) is 0 Å². The van der Waals surface area contributed by atoms with Gasteiger partial charge in [-0.1, -0.05) is 28.9 Å². The number of halogens is 2. The van der Waals surface area contributed by atoms with Gasteiger partial charge in [-0.2, -0.15) is 0 Å². The molecule has 0 saturated carbocycles.